The van der Waals surface area contributed by atoms with Gasteiger partial charge < -0.3 is 9.84 Å². The van der Waals surface area contributed by atoms with Gasteiger partial charge in [-0.25, -0.2) is 4.79 Å². The zero-order valence-electron chi connectivity index (χ0n) is 11.0. The summed E-state index contributed by atoms with van der Waals surface area (Å²) in [5, 5.41) is 12.7. The summed E-state index contributed by atoms with van der Waals surface area (Å²) in [4.78, 5) is 11.8. The molecule has 4 heteroatoms. The van der Waals surface area contributed by atoms with E-state index in [0.29, 0.717) is 12.1 Å². The van der Waals surface area contributed by atoms with Crippen LogP contribution in [-0.4, -0.2) is 23.4 Å². The molecule has 2 atom stereocenters. The molecule has 1 aliphatic rings. The largest absolute Gasteiger partial charge is 0.443 e. The number of benzene rings is 1. The lowest BCUT2D eigenvalue weighted by atomic mass is 9.96. The second-order valence-corrected chi connectivity index (χ2v) is 4.99. The molecule has 1 aromatic carbocycles. The molecule has 2 N–H and O–H groups in total. The van der Waals surface area contributed by atoms with Crippen molar-refractivity contribution in [3.63, 3.8) is 0 Å². The third kappa shape index (κ3) is 4.56. The first kappa shape index (κ1) is 13.9. The SMILES string of the molecule is O=C(Nc1ccccc1)O[C@@H]1CCCCCC[C@@H]1O. The molecule has 0 aliphatic heterocycles. The quantitative estimate of drug-likeness (QED) is 0.860. The Morgan fingerprint density at radius 1 is 1.11 bits per heavy atom. The summed E-state index contributed by atoms with van der Waals surface area (Å²) in [6, 6.07) is 9.18. The molecule has 104 valence electrons. The Kier molecular flexibility index (Phi) is 5.21. The number of para-hydroxylation sites is 1. The van der Waals surface area contributed by atoms with Crippen molar-refractivity contribution in [1.82, 2.24) is 0 Å². The van der Waals surface area contributed by atoms with Crippen LogP contribution in [0.4, 0.5) is 10.5 Å². The van der Waals surface area contributed by atoms with Crippen LogP contribution in [0.2, 0.25) is 0 Å². The van der Waals surface area contributed by atoms with Crippen molar-refractivity contribution >= 4 is 11.8 Å². The summed E-state index contributed by atoms with van der Waals surface area (Å²) < 4.78 is 5.34. The maximum Gasteiger partial charge on any atom is 0.411 e. The van der Waals surface area contributed by atoms with Gasteiger partial charge in [0, 0.05) is 5.69 Å². The van der Waals surface area contributed by atoms with E-state index in [1.165, 1.54) is 0 Å². The van der Waals surface area contributed by atoms with Gasteiger partial charge in [0.2, 0.25) is 0 Å². The van der Waals surface area contributed by atoms with Crippen molar-refractivity contribution in [2.75, 3.05) is 5.32 Å². The smallest absolute Gasteiger partial charge is 0.411 e. The fourth-order valence-electron chi connectivity index (χ4n) is 2.37. The first-order valence-corrected chi connectivity index (χ1v) is 6.96. The lowest BCUT2D eigenvalue weighted by Gasteiger charge is -2.25. The van der Waals surface area contributed by atoms with E-state index in [0.717, 1.165) is 32.1 Å². The zero-order valence-corrected chi connectivity index (χ0v) is 11.0. The molecule has 0 saturated heterocycles. The molecule has 1 aliphatic carbocycles. The molecule has 19 heavy (non-hydrogen) atoms. The van der Waals surface area contributed by atoms with E-state index >= 15 is 0 Å². The number of hydrogen-bond acceptors (Lipinski definition) is 3. The Morgan fingerprint density at radius 2 is 1.79 bits per heavy atom. The van der Waals surface area contributed by atoms with Gasteiger partial charge in [-0.1, -0.05) is 37.5 Å². The number of ether oxygens (including phenoxy) is 1. The van der Waals surface area contributed by atoms with Crippen LogP contribution in [0.3, 0.4) is 0 Å². The average molecular weight is 263 g/mol. The molecule has 4 nitrogen and oxygen atoms in total. The molecule has 1 amide bonds. The van der Waals surface area contributed by atoms with Gasteiger partial charge in [0.15, 0.2) is 0 Å². The summed E-state index contributed by atoms with van der Waals surface area (Å²) >= 11 is 0. The molecule has 1 aromatic rings. The van der Waals surface area contributed by atoms with Crippen molar-refractivity contribution in [2.24, 2.45) is 0 Å². The highest BCUT2D eigenvalue weighted by Gasteiger charge is 2.24. The van der Waals surface area contributed by atoms with Gasteiger partial charge in [0.05, 0.1) is 6.10 Å². The molecule has 0 bridgehead atoms. The molecule has 0 spiro atoms. The minimum Gasteiger partial charge on any atom is -0.443 e. The van der Waals surface area contributed by atoms with Crippen LogP contribution in [0.1, 0.15) is 38.5 Å². The number of carbonyl (C=O) groups excluding carboxylic acids is 1. The number of rotatable bonds is 2. The van der Waals surface area contributed by atoms with E-state index in [-0.39, 0.29) is 6.10 Å². The van der Waals surface area contributed by atoms with Crippen molar-refractivity contribution < 1.29 is 14.6 Å². The number of nitrogens with one attached hydrogen (secondary N) is 1. The van der Waals surface area contributed by atoms with Crippen LogP contribution in [0.15, 0.2) is 30.3 Å². The maximum absolute atomic E-state index is 11.8. The number of carbonyl (C=O) groups is 1. The van der Waals surface area contributed by atoms with Crippen LogP contribution >= 0.6 is 0 Å². The van der Waals surface area contributed by atoms with Crippen LogP contribution in [0, 0.1) is 0 Å². The van der Waals surface area contributed by atoms with Crippen molar-refractivity contribution in [3.05, 3.63) is 30.3 Å². The molecule has 0 heterocycles. The Morgan fingerprint density at radius 3 is 2.53 bits per heavy atom. The minimum atomic E-state index is -0.540. The summed E-state index contributed by atoms with van der Waals surface area (Å²) in [7, 11) is 0. The summed E-state index contributed by atoms with van der Waals surface area (Å²) in [6.07, 6.45) is 4.34. The lowest BCUT2D eigenvalue weighted by Crippen LogP contribution is -2.33. The Hall–Kier alpha value is -1.55. The molecular formula is C15H21NO3. The van der Waals surface area contributed by atoms with Crippen molar-refractivity contribution in [3.8, 4) is 0 Å². The molecule has 0 aromatic heterocycles. The molecule has 1 saturated carbocycles. The highest BCUT2D eigenvalue weighted by atomic mass is 16.6. The van der Waals surface area contributed by atoms with Crippen LogP contribution in [0.5, 0.6) is 0 Å². The standard InChI is InChI=1S/C15H21NO3/c17-13-10-6-1-2-7-11-14(13)19-15(18)16-12-8-4-3-5-9-12/h3-5,8-9,13-14,17H,1-2,6-7,10-11H2,(H,16,18)/t13-,14+/m0/s1. The molecule has 2 rings (SSSR count). The first-order chi connectivity index (χ1) is 9.25. The van der Waals surface area contributed by atoms with E-state index in [2.05, 4.69) is 5.32 Å². The number of hydrogen-bond donors (Lipinski definition) is 2. The van der Waals surface area contributed by atoms with E-state index in [9.17, 15) is 9.90 Å². The van der Waals surface area contributed by atoms with E-state index in [4.69, 9.17) is 4.74 Å². The lowest BCUT2D eigenvalue weighted by molar-refractivity contribution is -0.00610. The normalized spacial score (nSPS) is 24.1. The van der Waals surface area contributed by atoms with Gasteiger partial charge >= 0.3 is 6.09 Å². The predicted molar refractivity (Wildman–Crippen MR) is 74.0 cm³/mol. The molecule has 0 unspecified atom stereocenters. The average Bonchev–Trinajstić information content (AvgIpc) is 2.40. The topological polar surface area (TPSA) is 58.6 Å². The summed E-state index contributed by atoms with van der Waals surface area (Å²) in [6.45, 7) is 0. The van der Waals surface area contributed by atoms with Crippen LogP contribution in [-0.2, 0) is 4.74 Å². The molecule has 0 radical (unpaired) electrons. The van der Waals surface area contributed by atoms with E-state index in [1.807, 2.05) is 18.2 Å². The maximum atomic E-state index is 11.8. The van der Waals surface area contributed by atoms with Gasteiger partial charge in [0.1, 0.15) is 6.10 Å². The Balaban J connectivity index is 1.86. The van der Waals surface area contributed by atoms with Gasteiger partial charge in [-0.15, -0.1) is 0 Å². The monoisotopic (exact) mass is 263 g/mol. The fourth-order valence-corrected chi connectivity index (χ4v) is 2.37. The predicted octanol–water partition coefficient (Wildman–Crippen LogP) is 3.32. The summed E-state index contributed by atoms with van der Waals surface area (Å²) in [5.41, 5.74) is 0.702. The number of anilines is 1. The zero-order chi connectivity index (χ0) is 13.5. The van der Waals surface area contributed by atoms with Crippen molar-refractivity contribution in [2.45, 2.75) is 50.7 Å². The fraction of sp³-hybridized carbons (Fsp3) is 0.533. The van der Waals surface area contributed by atoms with Crippen molar-refractivity contribution in [1.29, 1.82) is 0 Å². The molecular weight excluding hydrogens is 242 g/mol. The van der Waals surface area contributed by atoms with Gasteiger partial charge in [-0.2, -0.15) is 0 Å². The van der Waals surface area contributed by atoms with Gasteiger partial charge in [0.25, 0.3) is 0 Å². The summed E-state index contributed by atoms with van der Waals surface area (Å²) in [5.74, 6) is 0. The second kappa shape index (κ2) is 7.14. The van der Waals surface area contributed by atoms with Gasteiger partial charge in [-0.05, 0) is 31.4 Å². The van der Waals surface area contributed by atoms with E-state index in [1.54, 1.807) is 12.1 Å². The number of aliphatic hydroxyl groups excluding tert-OH is 1. The highest BCUT2D eigenvalue weighted by molar-refractivity contribution is 5.84. The first-order valence-electron chi connectivity index (χ1n) is 6.96. The Labute approximate surface area is 113 Å². The van der Waals surface area contributed by atoms with Gasteiger partial charge in [-0.3, -0.25) is 5.32 Å². The number of aliphatic hydroxyl groups is 1. The van der Waals surface area contributed by atoms with E-state index < -0.39 is 12.2 Å². The number of amides is 1. The minimum absolute atomic E-state index is 0.385. The third-order valence-corrected chi connectivity index (χ3v) is 3.45. The van der Waals surface area contributed by atoms with Crippen LogP contribution < -0.4 is 5.32 Å². The van der Waals surface area contributed by atoms with Crippen LogP contribution in [0.25, 0.3) is 0 Å². The highest BCUT2D eigenvalue weighted by Crippen LogP contribution is 2.20. The molecule has 1 fully saturated rings. The second-order valence-electron chi connectivity index (χ2n) is 4.99. The Bertz CT molecular complexity index is 394. The third-order valence-electron chi connectivity index (χ3n) is 3.45.